The van der Waals surface area contributed by atoms with Crippen molar-refractivity contribution < 1.29 is 14.6 Å². The van der Waals surface area contributed by atoms with Gasteiger partial charge in [0.05, 0.1) is 11.3 Å². The second-order valence-electron chi connectivity index (χ2n) is 8.83. The number of aromatic nitrogens is 1. The van der Waals surface area contributed by atoms with Crippen LogP contribution in [0.1, 0.15) is 54.7 Å². The number of piperidine rings is 1. The highest BCUT2D eigenvalue weighted by Crippen LogP contribution is 2.34. The highest BCUT2D eigenvalue weighted by Gasteiger charge is 2.27. The van der Waals surface area contributed by atoms with E-state index in [1.807, 2.05) is 45.0 Å². The van der Waals surface area contributed by atoms with Gasteiger partial charge in [0.15, 0.2) is 5.69 Å². The van der Waals surface area contributed by atoms with Crippen LogP contribution >= 0.6 is 0 Å². The maximum Gasteiger partial charge on any atom is 0.354 e. The molecular weight excluding hydrogens is 404 g/mol. The molecule has 0 aliphatic carbocycles. The van der Waals surface area contributed by atoms with Gasteiger partial charge in [-0.1, -0.05) is 26.0 Å². The molecule has 0 bridgehead atoms. The summed E-state index contributed by atoms with van der Waals surface area (Å²) < 4.78 is 5.23. The number of rotatable bonds is 9. The molecule has 0 atom stereocenters. The number of aryl methyl sites for hydroxylation is 1. The number of hydrogen-bond donors (Lipinski definition) is 3. The normalized spacial score (nSPS) is 14.6. The van der Waals surface area contributed by atoms with Gasteiger partial charge < -0.3 is 25.5 Å². The van der Waals surface area contributed by atoms with Crippen LogP contribution in [-0.2, 0) is 4.74 Å². The molecule has 1 saturated heterocycles. The van der Waals surface area contributed by atoms with Crippen LogP contribution in [0.25, 0.3) is 0 Å². The van der Waals surface area contributed by atoms with E-state index in [4.69, 9.17) is 10.1 Å². The average Bonchev–Trinajstić information content (AvgIpc) is 2.77. The quantitative estimate of drug-likeness (QED) is 0.471. The van der Waals surface area contributed by atoms with E-state index in [0.29, 0.717) is 23.0 Å². The molecule has 0 spiro atoms. The van der Waals surface area contributed by atoms with Gasteiger partial charge in [0.2, 0.25) is 0 Å². The van der Waals surface area contributed by atoms with Gasteiger partial charge in [-0.2, -0.15) is 0 Å². The Morgan fingerprint density at radius 1 is 1.31 bits per heavy atom. The Labute approximate surface area is 190 Å². The molecule has 2 aromatic rings. The van der Waals surface area contributed by atoms with Gasteiger partial charge in [-0.05, 0) is 61.8 Å². The molecule has 172 valence electrons. The van der Waals surface area contributed by atoms with E-state index in [9.17, 15) is 9.90 Å². The first-order valence-corrected chi connectivity index (χ1v) is 11.2. The Kier molecular flexibility index (Phi) is 7.85. The second-order valence-corrected chi connectivity index (χ2v) is 8.83. The summed E-state index contributed by atoms with van der Waals surface area (Å²) in [7, 11) is 1.73. The lowest BCUT2D eigenvalue weighted by Crippen LogP contribution is -2.35. The van der Waals surface area contributed by atoms with Gasteiger partial charge >= 0.3 is 5.97 Å². The van der Waals surface area contributed by atoms with Crippen LogP contribution in [0.2, 0.25) is 0 Å². The van der Waals surface area contributed by atoms with Gasteiger partial charge in [-0.3, -0.25) is 0 Å². The molecule has 1 aromatic carbocycles. The molecule has 7 nitrogen and oxygen atoms in total. The smallest absolute Gasteiger partial charge is 0.354 e. The van der Waals surface area contributed by atoms with Crippen LogP contribution in [0.5, 0.6) is 0 Å². The monoisotopic (exact) mass is 438 g/mol. The van der Waals surface area contributed by atoms with Crippen molar-refractivity contribution in [2.75, 3.05) is 37.0 Å². The first-order chi connectivity index (χ1) is 15.3. The zero-order chi connectivity index (χ0) is 23.3. The molecule has 1 fully saturated rings. The lowest BCUT2D eigenvalue weighted by molar-refractivity contribution is 0.0690. The lowest BCUT2D eigenvalue weighted by Gasteiger charge is -2.35. The van der Waals surface area contributed by atoms with E-state index in [1.54, 1.807) is 13.2 Å². The topological polar surface area (TPSA) is 98.5 Å². The number of carboxylic acid groups (broad SMARTS) is 1. The number of benzene rings is 1. The van der Waals surface area contributed by atoms with Crippen LogP contribution in [0.4, 0.5) is 17.2 Å². The Hall–Kier alpha value is -2.93. The molecule has 7 heteroatoms. The van der Waals surface area contributed by atoms with E-state index in [2.05, 4.69) is 15.2 Å². The number of ether oxygens (including phenoxy) is 1. The minimum absolute atomic E-state index is 0.0167. The van der Waals surface area contributed by atoms with Gasteiger partial charge in [0.25, 0.3) is 0 Å². The second kappa shape index (κ2) is 10.6. The molecule has 32 heavy (non-hydrogen) atoms. The van der Waals surface area contributed by atoms with Crippen molar-refractivity contribution >= 4 is 28.9 Å². The number of carboxylic acids is 1. The number of nitrogens with one attached hydrogen (secondary N) is 2. The van der Waals surface area contributed by atoms with Crippen LogP contribution in [0.3, 0.4) is 0 Å². The van der Waals surface area contributed by atoms with Crippen LogP contribution < -0.4 is 10.2 Å². The minimum Gasteiger partial charge on any atom is -0.477 e. The number of methoxy groups -OCH3 is 1. The number of anilines is 3. The molecule has 0 amide bonds. The molecule has 3 rings (SSSR count). The molecule has 0 saturated carbocycles. The Morgan fingerprint density at radius 2 is 2.03 bits per heavy atom. The summed E-state index contributed by atoms with van der Waals surface area (Å²) in [5, 5.41) is 21.9. The summed E-state index contributed by atoms with van der Waals surface area (Å²) >= 11 is 0. The summed E-state index contributed by atoms with van der Waals surface area (Å²) in [5.74, 6) is -0.0738. The largest absolute Gasteiger partial charge is 0.477 e. The maximum absolute atomic E-state index is 11.9. The zero-order valence-corrected chi connectivity index (χ0v) is 19.4. The standard InChI is InChI=1S/C25H34N4O3/c1-16(2)23(26)22-21(29-11-8-18(9-12-29)10-13-32-4)15-20(25(30)31)28-24(22)27-19-7-5-6-17(3)14-19/h5-7,14-16,18,26H,8-13H2,1-4H3,(H,27,28)(H,30,31). The Morgan fingerprint density at radius 3 is 2.62 bits per heavy atom. The predicted octanol–water partition coefficient (Wildman–Crippen LogP) is 5.11. The summed E-state index contributed by atoms with van der Waals surface area (Å²) in [6.45, 7) is 8.36. The summed E-state index contributed by atoms with van der Waals surface area (Å²) in [5.41, 5.74) is 3.79. The van der Waals surface area contributed by atoms with Crippen molar-refractivity contribution in [1.29, 1.82) is 5.41 Å². The molecule has 3 N–H and O–H groups in total. The highest BCUT2D eigenvalue weighted by atomic mass is 16.5. The summed E-state index contributed by atoms with van der Waals surface area (Å²) in [6, 6.07) is 9.48. The van der Waals surface area contributed by atoms with Gasteiger partial charge in [0, 0.05) is 38.2 Å². The summed E-state index contributed by atoms with van der Waals surface area (Å²) in [6.07, 6.45) is 3.07. The van der Waals surface area contributed by atoms with Crippen molar-refractivity contribution in [3.8, 4) is 0 Å². The van der Waals surface area contributed by atoms with Gasteiger partial charge in [0.1, 0.15) is 5.82 Å². The third kappa shape index (κ3) is 5.65. The number of carbonyl (C=O) groups is 1. The fourth-order valence-corrected chi connectivity index (χ4v) is 4.14. The van der Waals surface area contributed by atoms with Crippen LogP contribution in [0.15, 0.2) is 30.3 Å². The zero-order valence-electron chi connectivity index (χ0n) is 19.4. The summed E-state index contributed by atoms with van der Waals surface area (Å²) in [4.78, 5) is 18.5. The Bertz CT molecular complexity index is 966. The molecule has 1 aliphatic rings. The van der Waals surface area contributed by atoms with Crippen molar-refractivity contribution in [1.82, 2.24) is 4.98 Å². The van der Waals surface area contributed by atoms with E-state index in [1.165, 1.54) is 0 Å². The molecule has 0 radical (unpaired) electrons. The molecule has 2 heterocycles. The van der Waals surface area contributed by atoms with E-state index < -0.39 is 5.97 Å². The molecule has 1 aliphatic heterocycles. The lowest BCUT2D eigenvalue weighted by atomic mass is 9.92. The number of hydrogen-bond acceptors (Lipinski definition) is 6. The molecular formula is C25H34N4O3. The van der Waals surface area contributed by atoms with Gasteiger partial charge in [-0.25, -0.2) is 9.78 Å². The predicted molar refractivity (Wildman–Crippen MR) is 129 cm³/mol. The number of aromatic carboxylic acids is 1. The SMILES string of the molecule is COCCC1CCN(c2cc(C(=O)O)nc(Nc3cccc(C)c3)c2C(=N)C(C)C)CC1. The number of pyridine rings is 1. The highest BCUT2D eigenvalue weighted by molar-refractivity contribution is 6.09. The first kappa shape index (κ1) is 23.7. The third-order valence-corrected chi connectivity index (χ3v) is 6.03. The molecule has 1 aromatic heterocycles. The van der Waals surface area contributed by atoms with Crippen molar-refractivity contribution in [3.05, 3.63) is 47.2 Å². The van der Waals surface area contributed by atoms with E-state index >= 15 is 0 Å². The van der Waals surface area contributed by atoms with Crippen molar-refractivity contribution in [2.45, 2.75) is 40.0 Å². The van der Waals surface area contributed by atoms with Crippen molar-refractivity contribution in [2.24, 2.45) is 11.8 Å². The van der Waals surface area contributed by atoms with E-state index in [-0.39, 0.29) is 11.6 Å². The fourth-order valence-electron chi connectivity index (χ4n) is 4.14. The van der Waals surface area contributed by atoms with Crippen LogP contribution in [0, 0.1) is 24.2 Å². The maximum atomic E-state index is 11.9. The fraction of sp³-hybridized carbons (Fsp3) is 0.480. The van der Waals surface area contributed by atoms with Crippen molar-refractivity contribution in [3.63, 3.8) is 0 Å². The third-order valence-electron chi connectivity index (χ3n) is 6.03. The number of nitrogens with zero attached hydrogens (tertiary/aromatic N) is 2. The van der Waals surface area contributed by atoms with E-state index in [0.717, 1.165) is 55.9 Å². The Balaban J connectivity index is 2.03. The average molecular weight is 439 g/mol. The minimum atomic E-state index is -1.07. The molecule has 0 unspecified atom stereocenters. The van der Waals surface area contributed by atoms with Crippen LogP contribution in [-0.4, -0.2) is 48.6 Å². The first-order valence-electron chi connectivity index (χ1n) is 11.2. The van der Waals surface area contributed by atoms with Gasteiger partial charge in [-0.15, -0.1) is 0 Å².